The second kappa shape index (κ2) is 11.5. The van der Waals surface area contributed by atoms with E-state index in [1.807, 2.05) is 55.8 Å². The molecule has 0 aliphatic carbocycles. The molecule has 0 atom stereocenters. The lowest BCUT2D eigenvalue weighted by atomic mass is 9.84. The van der Waals surface area contributed by atoms with E-state index in [0.29, 0.717) is 37.7 Å². The normalized spacial score (nSPS) is 11.8. The molecule has 0 aliphatic rings. The number of guanidine groups is 1. The van der Waals surface area contributed by atoms with Crippen LogP contribution in [0.1, 0.15) is 40.2 Å². The first-order valence-electron chi connectivity index (χ1n) is 10.2. The number of rotatable bonds is 10. The van der Waals surface area contributed by atoms with Gasteiger partial charge in [0.15, 0.2) is 17.5 Å². The summed E-state index contributed by atoms with van der Waals surface area (Å²) < 4.78 is 10.8. The van der Waals surface area contributed by atoms with Crippen molar-refractivity contribution < 1.29 is 14.3 Å². The standard InChI is InChI=1S/C22H38N4O3/c1-9-23-21(25(6)15-20(27)26(10-2)11-3)24-16-22(4,5)17-12-13-18(28-7)19(14-17)29-8/h12-14H,9-11,15-16H2,1-8H3,(H,23,24). The Morgan fingerprint density at radius 3 is 2.24 bits per heavy atom. The maximum absolute atomic E-state index is 12.5. The molecule has 0 spiro atoms. The van der Waals surface area contributed by atoms with Crippen LogP contribution in [0.4, 0.5) is 0 Å². The fraction of sp³-hybridized carbons (Fsp3) is 0.636. The van der Waals surface area contributed by atoms with Crippen molar-refractivity contribution in [2.45, 2.75) is 40.0 Å². The van der Waals surface area contributed by atoms with Crippen molar-refractivity contribution in [1.29, 1.82) is 0 Å². The van der Waals surface area contributed by atoms with Crippen LogP contribution in [-0.2, 0) is 10.2 Å². The maximum Gasteiger partial charge on any atom is 0.242 e. The number of carbonyl (C=O) groups is 1. The number of hydrogen-bond donors (Lipinski definition) is 1. The molecule has 0 saturated carbocycles. The summed E-state index contributed by atoms with van der Waals surface area (Å²) in [6.45, 7) is 13.3. The summed E-state index contributed by atoms with van der Waals surface area (Å²) in [5.41, 5.74) is 0.890. The fourth-order valence-electron chi connectivity index (χ4n) is 3.04. The van der Waals surface area contributed by atoms with Crippen LogP contribution in [0.15, 0.2) is 23.2 Å². The van der Waals surface area contributed by atoms with Crippen LogP contribution in [0.5, 0.6) is 11.5 Å². The molecule has 1 rings (SSSR count). The minimum Gasteiger partial charge on any atom is -0.493 e. The van der Waals surface area contributed by atoms with E-state index in [1.54, 1.807) is 14.2 Å². The molecule has 1 aromatic carbocycles. The van der Waals surface area contributed by atoms with Gasteiger partial charge in [0.25, 0.3) is 0 Å². The van der Waals surface area contributed by atoms with E-state index in [0.717, 1.165) is 18.1 Å². The molecule has 164 valence electrons. The summed E-state index contributed by atoms with van der Waals surface area (Å²) >= 11 is 0. The van der Waals surface area contributed by atoms with Crippen molar-refractivity contribution in [3.05, 3.63) is 23.8 Å². The summed E-state index contributed by atoms with van der Waals surface area (Å²) in [7, 11) is 5.16. The number of likely N-dealkylation sites (N-methyl/N-ethyl adjacent to an activating group) is 2. The van der Waals surface area contributed by atoms with Crippen LogP contribution < -0.4 is 14.8 Å². The Morgan fingerprint density at radius 2 is 1.72 bits per heavy atom. The molecule has 0 bridgehead atoms. The quantitative estimate of drug-likeness (QED) is 0.478. The largest absolute Gasteiger partial charge is 0.493 e. The molecular weight excluding hydrogens is 368 g/mol. The van der Waals surface area contributed by atoms with Crippen molar-refractivity contribution in [3.8, 4) is 11.5 Å². The topological polar surface area (TPSA) is 66.4 Å². The van der Waals surface area contributed by atoms with Gasteiger partial charge in [-0.2, -0.15) is 0 Å². The SMILES string of the molecule is CCNC(=NCC(C)(C)c1ccc(OC)c(OC)c1)N(C)CC(=O)N(CC)CC. The smallest absolute Gasteiger partial charge is 0.242 e. The predicted molar refractivity (Wildman–Crippen MR) is 119 cm³/mol. The summed E-state index contributed by atoms with van der Waals surface area (Å²) in [6, 6.07) is 5.95. The average Bonchev–Trinajstić information content (AvgIpc) is 2.71. The fourth-order valence-corrected chi connectivity index (χ4v) is 3.04. The van der Waals surface area contributed by atoms with Crippen molar-refractivity contribution >= 4 is 11.9 Å². The molecule has 1 N–H and O–H groups in total. The Bertz CT molecular complexity index is 685. The minimum absolute atomic E-state index is 0.0993. The lowest BCUT2D eigenvalue weighted by Gasteiger charge is -2.28. The van der Waals surface area contributed by atoms with Crippen molar-refractivity contribution in [1.82, 2.24) is 15.1 Å². The van der Waals surface area contributed by atoms with Crippen molar-refractivity contribution in [3.63, 3.8) is 0 Å². The van der Waals surface area contributed by atoms with Gasteiger partial charge in [-0.25, -0.2) is 0 Å². The number of nitrogens with one attached hydrogen (secondary N) is 1. The van der Waals surface area contributed by atoms with Crippen molar-refractivity contribution in [2.75, 3.05) is 54.0 Å². The van der Waals surface area contributed by atoms with Crippen LogP contribution in [-0.4, -0.2) is 75.7 Å². The second-order valence-electron chi connectivity index (χ2n) is 7.55. The summed E-state index contributed by atoms with van der Waals surface area (Å²) in [5, 5.41) is 3.29. The van der Waals surface area contributed by atoms with Gasteiger partial charge in [0.1, 0.15) is 0 Å². The van der Waals surface area contributed by atoms with Gasteiger partial charge in [0.2, 0.25) is 5.91 Å². The molecule has 29 heavy (non-hydrogen) atoms. The van der Waals surface area contributed by atoms with Crippen LogP contribution >= 0.6 is 0 Å². The first kappa shape index (κ1) is 24.6. The number of aliphatic imine (C=N–C) groups is 1. The van der Waals surface area contributed by atoms with E-state index in [9.17, 15) is 4.79 Å². The van der Waals surface area contributed by atoms with Crippen LogP contribution in [0.25, 0.3) is 0 Å². The number of ether oxygens (including phenoxy) is 2. The molecule has 0 saturated heterocycles. The molecule has 7 heteroatoms. The third-order valence-corrected chi connectivity index (χ3v) is 4.97. The van der Waals surface area contributed by atoms with Gasteiger partial charge in [-0.1, -0.05) is 19.9 Å². The van der Waals surface area contributed by atoms with E-state index >= 15 is 0 Å². The number of hydrogen-bond acceptors (Lipinski definition) is 4. The van der Waals surface area contributed by atoms with E-state index in [4.69, 9.17) is 14.5 Å². The molecule has 0 unspecified atom stereocenters. The van der Waals surface area contributed by atoms with Crippen molar-refractivity contribution in [2.24, 2.45) is 4.99 Å². The molecule has 0 aromatic heterocycles. The van der Waals surface area contributed by atoms with E-state index in [2.05, 4.69) is 19.2 Å². The molecule has 7 nitrogen and oxygen atoms in total. The van der Waals surface area contributed by atoms with Gasteiger partial charge in [-0.15, -0.1) is 0 Å². The van der Waals surface area contributed by atoms with Gasteiger partial charge in [-0.3, -0.25) is 9.79 Å². The highest BCUT2D eigenvalue weighted by atomic mass is 16.5. The molecule has 1 amide bonds. The number of carbonyl (C=O) groups excluding carboxylic acids is 1. The summed E-state index contributed by atoms with van der Waals surface area (Å²) in [6.07, 6.45) is 0. The minimum atomic E-state index is -0.218. The third-order valence-electron chi connectivity index (χ3n) is 4.97. The third kappa shape index (κ3) is 6.84. The first-order chi connectivity index (χ1) is 13.7. The molecular formula is C22H38N4O3. The number of methoxy groups -OCH3 is 2. The first-order valence-corrected chi connectivity index (χ1v) is 10.2. The highest BCUT2D eigenvalue weighted by Gasteiger charge is 2.23. The summed E-state index contributed by atoms with van der Waals surface area (Å²) in [5.74, 6) is 2.23. The molecule has 1 aromatic rings. The number of amides is 1. The van der Waals surface area contributed by atoms with Gasteiger partial charge in [0.05, 0.1) is 27.3 Å². The lowest BCUT2D eigenvalue weighted by molar-refractivity contribution is -0.131. The Labute approximate surface area is 176 Å². The highest BCUT2D eigenvalue weighted by molar-refractivity contribution is 5.86. The van der Waals surface area contributed by atoms with Crippen LogP contribution in [0, 0.1) is 0 Å². The van der Waals surface area contributed by atoms with Gasteiger partial charge < -0.3 is 24.6 Å². The van der Waals surface area contributed by atoms with Crippen LogP contribution in [0.2, 0.25) is 0 Å². The molecule has 0 heterocycles. The average molecular weight is 407 g/mol. The molecule has 0 aliphatic heterocycles. The zero-order valence-corrected chi connectivity index (χ0v) is 19.3. The predicted octanol–water partition coefficient (Wildman–Crippen LogP) is 2.75. The Balaban J connectivity index is 2.99. The van der Waals surface area contributed by atoms with Gasteiger partial charge in [-0.05, 0) is 38.5 Å². The van der Waals surface area contributed by atoms with Gasteiger partial charge in [0, 0.05) is 32.1 Å². The second-order valence-corrected chi connectivity index (χ2v) is 7.55. The zero-order chi connectivity index (χ0) is 22.0. The summed E-state index contributed by atoms with van der Waals surface area (Å²) in [4.78, 5) is 21.0. The highest BCUT2D eigenvalue weighted by Crippen LogP contribution is 2.33. The number of nitrogens with zero attached hydrogens (tertiary/aromatic N) is 3. The number of benzene rings is 1. The Hall–Kier alpha value is -2.44. The maximum atomic E-state index is 12.5. The monoisotopic (exact) mass is 406 g/mol. The lowest BCUT2D eigenvalue weighted by Crippen LogP contribution is -2.46. The zero-order valence-electron chi connectivity index (χ0n) is 19.3. The van der Waals surface area contributed by atoms with E-state index in [-0.39, 0.29) is 11.3 Å². The Morgan fingerprint density at radius 1 is 1.10 bits per heavy atom. The van der Waals surface area contributed by atoms with E-state index < -0.39 is 0 Å². The van der Waals surface area contributed by atoms with Crippen LogP contribution in [0.3, 0.4) is 0 Å². The van der Waals surface area contributed by atoms with Gasteiger partial charge >= 0.3 is 0 Å². The Kier molecular flexibility index (Phi) is 9.78. The molecule has 0 radical (unpaired) electrons. The van der Waals surface area contributed by atoms with E-state index in [1.165, 1.54) is 0 Å². The molecule has 0 fully saturated rings.